The van der Waals surface area contributed by atoms with Gasteiger partial charge in [0.15, 0.2) is 17.3 Å². The molecule has 0 atom stereocenters. The van der Waals surface area contributed by atoms with Gasteiger partial charge in [0, 0.05) is 5.56 Å². The van der Waals surface area contributed by atoms with Crippen LogP contribution < -0.4 is 14.8 Å². The predicted octanol–water partition coefficient (Wildman–Crippen LogP) is 5.30. The molecular formula is C23H21BrN2O4S. The number of amidine groups is 1. The summed E-state index contributed by atoms with van der Waals surface area (Å²) in [6.45, 7) is 4.71. The van der Waals surface area contributed by atoms with E-state index in [1.807, 2.05) is 38.1 Å². The van der Waals surface area contributed by atoms with E-state index in [0.717, 1.165) is 5.56 Å². The summed E-state index contributed by atoms with van der Waals surface area (Å²) in [4.78, 5) is 0.154. The van der Waals surface area contributed by atoms with E-state index in [2.05, 4.69) is 25.6 Å². The van der Waals surface area contributed by atoms with E-state index in [1.54, 1.807) is 30.3 Å². The smallest absolute Gasteiger partial charge is 0.286 e. The maximum atomic E-state index is 12.6. The SMILES string of the molecule is CCOc1cc(C2=NS(=O)(=O)c3ccccc3N2)cc(Br)c1OCc1ccc(C)cc1. The third-order valence-electron chi connectivity index (χ3n) is 4.72. The largest absolute Gasteiger partial charge is 0.490 e. The fourth-order valence-electron chi connectivity index (χ4n) is 3.19. The zero-order valence-electron chi connectivity index (χ0n) is 17.1. The lowest BCUT2D eigenvalue weighted by atomic mass is 10.1. The summed E-state index contributed by atoms with van der Waals surface area (Å²) in [7, 11) is -3.80. The van der Waals surface area contributed by atoms with Gasteiger partial charge in [-0.2, -0.15) is 8.42 Å². The molecule has 0 aromatic heterocycles. The summed E-state index contributed by atoms with van der Waals surface area (Å²) < 4.78 is 41.6. The van der Waals surface area contributed by atoms with Crippen LogP contribution in [0.1, 0.15) is 23.6 Å². The Morgan fingerprint density at radius 3 is 2.52 bits per heavy atom. The summed E-state index contributed by atoms with van der Waals surface area (Å²) in [5, 5.41) is 3.10. The number of rotatable bonds is 6. The van der Waals surface area contributed by atoms with Crippen molar-refractivity contribution >= 4 is 37.5 Å². The molecular weight excluding hydrogens is 480 g/mol. The van der Waals surface area contributed by atoms with E-state index in [9.17, 15) is 8.42 Å². The average Bonchev–Trinajstić information content (AvgIpc) is 2.74. The second-order valence-corrected chi connectivity index (χ2v) is 9.46. The van der Waals surface area contributed by atoms with E-state index in [4.69, 9.17) is 9.47 Å². The second-order valence-electron chi connectivity index (χ2n) is 7.03. The molecule has 0 saturated heterocycles. The van der Waals surface area contributed by atoms with E-state index < -0.39 is 10.0 Å². The monoisotopic (exact) mass is 500 g/mol. The molecule has 160 valence electrons. The summed E-state index contributed by atoms with van der Waals surface area (Å²) in [5.41, 5.74) is 3.27. The maximum absolute atomic E-state index is 12.6. The first kappa shape index (κ1) is 21.4. The highest BCUT2D eigenvalue weighted by Crippen LogP contribution is 2.38. The topological polar surface area (TPSA) is 77.0 Å². The molecule has 8 heteroatoms. The van der Waals surface area contributed by atoms with Gasteiger partial charge in [-0.15, -0.1) is 4.40 Å². The molecule has 0 aliphatic carbocycles. The lowest BCUT2D eigenvalue weighted by Gasteiger charge is -2.20. The molecule has 1 aliphatic rings. The highest BCUT2D eigenvalue weighted by atomic mass is 79.9. The summed E-state index contributed by atoms with van der Waals surface area (Å²) in [5.74, 6) is 1.27. The Balaban J connectivity index is 1.67. The minimum absolute atomic E-state index is 0.154. The van der Waals surface area contributed by atoms with Crippen molar-refractivity contribution in [3.8, 4) is 11.5 Å². The number of fused-ring (bicyclic) bond motifs is 1. The molecule has 0 amide bonds. The second kappa shape index (κ2) is 8.72. The van der Waals surface area contributed by atoms with Crippen molar-refractivity contribution in [3.63, 3.8) is 0 Å². The number of sulfonamides is 1. The van der Waals surface area contributed by atoms with Crippen LogP contribution in [-0.4, -0.2) is 20.9 Å². The molecule has 0 fully saturated rings. The minimum Gasteiger partial charge on any atom is -0.490 e. The van der Waals surface area contributed by atoms with Gasteiger partial charge < -0.3 is 14.8 Å². The third kappa shape index (κ3) is 4.60. The van der Waals surface area contributed by atoms with Crippen molar-refractivity contribution in [2.24, 2.45) is 4.40 Å². The lowest BCUT2D eigenvalue weighted by Crippen LogP contribution is -2.22. The average molecular weight is 501 g/mol. The number of nitrogens with one attached hydrogen (secondary N) is 1. The third-order valence-corrected chi connectivity index (χ3v) is 6.64. The Bertz CT molecular complexity index is 1260. The predicted molar refractivity (Wildman–Crippen MR) is 125 cm³/mol. The van der Waals surface area contributed by atoms with Crippen LogP contribution >= 0.6 is 15.9 Å². The van der Waals surface area contributed by atoms with E-state index in [1.165, 1.54) is 11.6 Å². The van der Waals surface area contributed by atoms with Crippen LogP contribution in [0.5, 0.6) is 11.5 Å². The van der Waals surface area contributed by atoms with Crippen LogP contribution in [0, 0.1) is 6.92 Å². The van der Waals surface area contributed by atoms with Gasteiger partial charge in [-0.05, 0) is 59.6 Å². The summed E-state index contributed by atoms with van der Waals surface area (Å²) >= 11 is 3.54. The molecule has 0 bridgehead atoms. The highest BCUT2D eigenvalue weighted by Gasteiger charge is 2.26. The van der Waals surface area contributed by atoms with Crippen LogP contribution in [-0.2, 0) is 16.6 Å². The molecule has 0 saturated carbocycles. The number of benzene rings is 3. The van der Waals surface area contributed by atoms with Crippen molar-refractivity contribution in [1.82, 2.24) is 0 Å². The summed E-state index contributed by atoms with van der Waals surface area (Å²) in [6, 6.07) is 18.3. The van der Waals surface area contributed by atoms with Crippen LogP contribution in [0.25, 0.3) is 0 Å². The Labute approximate surface area is 190 Å². The van der Waals surface area contributed by atoms with Crippen molar-refractivity contribution in [2.75, 3.05) is 11.9 Å². The molecule has 0 spiro atoms. The number of nitrogens with zero attached hydrogens (tertiary/aromatic N) is 1. The van der Waals surface area contributed by atoms with E-state index in [0.29, 0.717) is 40.4 Å². The quantitative estimate of drug-likeness (QED) is 0.497. The molecule has 0 unspecified atom stereocenters. The maximum Gasteiger partial charge on any atom is 0.286 e. The Morgan fingerprint density at radius 1 is 1.03 bits per heavy atom. The Hall–Kier alpha value is -2.84. The number of aryl methyl sites for hydroxylation is 1. The van der Waals surface area contributed by atoms with Crippen LogP contribution in [0.4, 0.5) is 5.69 Å². The van der Waals surface area contributed by atoms with Gasteiger partial charge in [-0.1, -0.05) is 42.0 Å². The number of para-hydroxylation sites is 1. The van der Waals surface area contributed by atoms with Gasteiger partial charge in [0.2, 0.25) is 0 Å². The molecule has 1 aliphatic heterocycles. The zero-order valence-corrected chi connectivity index (χ0v) is 19.5. The Morgan fingerprint density at radius 2 is 1.77 bits per heavy atom. The standard InChI is InChI=1S/C23H21BrN2O4S/c1-3-29-20-13-17(23-25-19-6-4-5-7-21(19)31(27,28)26-23)12-18(24)22(20)30-14-16-10-8-15(2)9-11-16/h4-13H,3,14H2,1-2H3,(H,25,26). The fraction of sp³-hybridized carbons (Fsp3) is 0.174. The first-order valence-electron chi connectivity index (χ1n) is 9.73. The van der Waals surface area contributed by atoms with Crippen LogP contribution in [0.15, 0.2) is 74.4 Å². The number of ether oxygens (including phenoxy) is 2. The molecule has 31 heavy (non-hydrogen) atoms. The molecule has 3 aromatic carbocycles. The molecule has 1 heterocycles. The Kier molecular flexibility index (Phi) is 6.02. The number of anilines is 1. The van der Waals surface area contributed by atoms with Gasteiger partial charge in [-0.25, -0.2) is 0 Å². The van der Waals surface area contributed by atoms with Gasteiger partial charge in [-0.3, -0.25) is 0 Å². The molecule has 6 nitrogen and oxygen atoms in total. The highest BCUT2D eigenvalue weighted by molar-refractivity contribution is 9.10. The fourth-order valence-corrected chi connectivity index (χ4v) is 4.88. The minimum atomic E-state index is -3.80. The van der Waals surface area contributed by atoms with Crippen LogP contribution in [0.2, 0.25) is 0 Å². The zero-order chi connectivity index (χ0) is 22.0. The van der Waals surface area contributed by atoms with Gasteiger partial charge >= 0.3 is 0 Å². The van der Waals surface area contributed by atoms with Gasteiger partial charge in [0.1, 0.15) is 11.5 Å². The van der Waals surface area contributed by atoms with E-state index >= 15 is 0 Å². The molecule has 4 rings (SSSR count). The number of halogens is 1. The van der Waals surface area contributed by atoms with Gasteiger partial charge in [0.25, 0.3) is 10.0 Å². The number of hydrogen-bond acceptors (Lipinski definition) is 5. The lowest BCUT2D eigenvalue weighted by molar-refractivity contribution is 0.267. The molecule has 0 radical (unpaired) electrons. The van der Waals surface area contributed by atoms with E-state index in [-0.39, 0.29) is 10.7 Å². The van der Waals surface area contributed by atoms with Crippen molar-refractivity contribution in [3.05, 3.63) is 81.8 Å². The first-order chi connectivity index (χ1) is 14.9. The van der Waals surface area contributed by atoms with Gasteiger partial charge in [0.05, 0.1) is 16.8 Å². The van der Waals surface area contributed by atoms with Crippen molar-refractivity contribution < 1.29 is 17.9 Å². The van der Waals surface area contributed by atoms with Crippen molar-refractivity contribution in [2.45, 2.75) is 25.3 Å². The normalized spacial score (nSPS) is 14.2. The molecule has 1 N–H and O–H groups in total. The van der Waals surface area contributed by atoms with Crippen molar-refractivity contribution in [1.29, 1.82) is 0 Å². The first-order valence-corrected chi connectivity index (χ1v) is 12.0. The molecule has 3 aromatic rings. The van der Waals surface area contributed by atoms with Crippen LogP contribution in [0.3, 0.4) is 0 Å². The number of hydrogen-bond donors (Lipinski definition) is 1. The summed E-state index contributed by atoms with van der Waals surface area (Å²) in [6.07, 6.45) is 0.